The van der Waals surface area contributed by atoms with Gasteiger partial charge in [-0.1, -0.05) is 36.4 Å². The second-order valence-corrected chi connectivity index (χ2v) is 25.9. The molecule has 0 heterocycles. The number of hydrogen-bond acceptors (Lipinski definition) is 1. The van der Waals surface area contributed by atoms with E-state index in [0.29, 0.717) is 0 Å². The summed E-state index contributed by atoms with van der Waals surface area (Å²) in [5, 5.41) is 0. The van der Waals surface area contributed by atoms with E-state index >= 15 is 35.1 Å². The van der Waals surface area contributed by atoms with Gasteiger partial charge in [-0.05, 0) is 69.3 Å². The van der Waals surface area contributed by atoms with Gasteiger partial charge in [-0.25, -0.2) is 0 Å². The van der Waals surface area contributed by atoms with Crippen molar-refractivity contribution in [3.63, 3.8) is 0 Å². The molecule has 0 amide bonds. The van der Waals surface area contributed by atoms with Gasteiger partial charge < -0.3 is 4.74 Å². The third kappa shape index (κ3) is 9.03. The fourth-order valence-corrected chi connectivity index (χ4v) is 21.6. The molecule has 0 bridgehead atoms. The summed E-state index contributed by atoms with van der Waals surface area (Å²) in [6.07, 6.45) is 0. The summed E-state index contributed by atoms with van der Waals surface area (Å²) in [5.74, 6) is -69.6. The Morgan fingerprint density at radius 2 is 0.493 bits per heavy atom. The van der Waals surface area contributed by atoms with E-state index in [1.807, 2.05) is 0 Å². The molecule has 7 aromatic rings. The monoisotopic (exact) mass is 1070 g/mol. The zero-order valence-electron chi connectivity index (χ0n) is 34.5. The Hall–Kier alpha value is -6.07. The number of halogens is 20. The Balaban J connectivity index is 0.000000273. The summed E-state index contributed by atoms with van der Waals surface area (Å²) < 4.78 is 287. The van der Waals surface area contributed by atoms with Gasteiger partial charge in [0.1, 0.15) is 11.4 Å². The fourth-order valence-electron chi connectivity index (χ4n) is 7.39. The third-order valence-electron chi connectivity index (χ3n) is 10.1. The number of ether oxygens (including phenoxy) is 1. The molecule has 1 nitrogen and oxygen atoms in total. The van der Waals surface area contributed by atoms with Crippen LogP contribution in [0.3, 0.4) is 0 Å². The van der Waals surface area contributed by atoms with Crippen molar-refractivity contribution in [1.29, 1.82) is 0 Å². The Labute approximate surface area is 381 Å². The summed E-state index contributed by atoms with van der Waals surface area (Å²) >= 11 is -9.74. The van der Waals surface area contributed by atoms with Gasteiger partial charge in [0.25, 0.3) is 0 Å². The number of rotatable bonds is 8. The van der Waals surface area contributed by atoms with Crippen molar-refractivity contribution in [2.24, 2.45) is 0 Å². The SMILES string of the molecule is CC(C)(C)Oc1ccc([S+](c2ccccc2)c2ccccc2)cc1.Fc1c(F)c(F)[c]([Ga-]([c]2c(F)c(F)c(F)c(F)c2F)([c]2c(F)c(F)c(F)c(F)c2F)[c]2c(F)c(F)c(F)c(F)c2F)c(F)c1F. The molecule has 0 N–H and O–H groups in total. The number of benzene rings is 7. The second-order valence-electron chi connectivity index (χ2n) is 15.4. The molecule has 0 radical (unpaired) electrons. The zero-order valence-corrected chi connectivity index (χ0v) is 37.8. The molecule has 0 saturated carbocycles. The molecule has 0 spiro atoms. The van der Waals surface area contributed by atoms with E-state index in [0.717, 1.165) is 5.75 Å². The first-order valence-corrected chi connectivity index (χ1v) is 25.2. The van der Waals surface area contributed by atoms with Crippen LogP contribution in [-0.4, -0.2) is 20.6 Å². The van der Waals surface area contributed by atoms with Gasteiger partial charge in [-0.2, -0.15) is 0 Å². The van der Waals surface area contributed by atoms with Crippen LogP contribution in [0.2, 0.25) is 0 Å². The van der Waals surface area contributed by atoms with Crippen molar-refractivity contribution in [3.05, 3.63) is 201 Å². The van der Waals surface area contributed by atoms with Crippen LogP contribution in [0.25, 0.3) is 0 Å². The minimum absolute atomic E-state index is 0.102. The Morgan fingerprint density at radius 3 is 0.710 bits per heavy atom. The van der Waals surface area contributed by atoms with E-state index in [9.17, 15) is 52.7 Å². The van der Waals surface area contributed by atoms with Crippen LogP contribution in [0.1, 0.15) is 20.8 Å². The van der Waals surface area contributed by atoms with Crippen molar-refractivity contribution >= 4 is 42.4 Å². The Kier molecular flexibility index (Phi) is 15.0. The van der Waals surface area contributed by atoms with E-state index in [4.69, 9.17) is 4.74 Å². The molecule has 69 heavy (non-hydrogen) atoms. The molecule has 0 saturated heterocycles. The average molecular weight is 1070 g/mol. The van der Waals surface area contributed by atoms with Crippen molar-refractivity contribution in [1.82, 2.24) is 0 Å². The summed E-state index contributed by atoms with van der Waals surface area (Å²) in [7, 11) is -0.102. The molecule has 23 heteroatoms. The first-order chi connectivity index (χ1) is 32.2. The molecule has 0 aliphatic heterocycles. The van der Waals surface area contributed by atoms with E-state index < -0.39 is 148 Å². The fraction of sp³-hybridized carbons (Fsp3) is 0.0870. The van der Waals surface area contributed by atoms with Crippen LogP contribution < -0.4 is 21.2 Å². The van der Waals surface area contributed by atoms with Crippen molar-refractivity contribution < 1.29 is 92.5 Å². The maximum absolute atomic E-state index is 15.4. The summed E-state index contributed by atoms with van der Waals surface area (Å²) in [5.41, 5.74) is -0.179. The van der Waals surface area contributed by atoms with Gasteiger partial charge >= 0.3 is 236 Å². The van der Waals surface area contributed by atoms with E-state index in [-0.39, 0.29) is 16.5 Å². The summed E-state index contributed by atoms with van der Waals surface area (Å²) in [6.45, 7) is 6.21. The first kappa shape index (κ1) is 52.3. The number of hydrogen-bond donors (Lipinski definition) is 0. The second kappa shape index (κ2) is 19.7. The topological polar surface area (TPSA) is 9.23 Å². The normalized spacial score (nSPS) is 11.8. The van der Waals surface area contributed by atoms with Crippen molar-refractivity contribution in [3.8, 4) is 5.75 Å². The van der Waals surface area contributed by atoms with Gasteiger partial charge in [0.05, 0.1) is 10.9 Å². The molecule has 7 rings (SSSR count). The molecule has 0 unspecified atom stereocenters. The van der Waals surface area contributed by atoms with Gasteiger partial charge in [0.15, 0.2) is 14.7 Å². The van der Waals surface area contributed by atoms with E-state index in [1.54, 1.807) is 0 Å². The average Bonchev–Trinajstić information content (AvgIpc) is 3.32. The summed E-state index contributed by atoms with van der Waals surface area (Å²) in [4.78, 5) is 3.95. The zero-order chi connectivity index (χ0) is 51.3. The molecular weight excluding hydrogens is 1050 g/mol. The van der Waals surface area contributed by atoms with Gasteiger partial charge in [-0.3, -0.25) is 0 Å². The van der Waals surface area contributed by atoms with Crippen molar-refractivity contribution in [2.75, 3.05) is 0 Å². The van der Waals surface area contributed by atoms with Gasteiger partial charge in [-0.15, -0.1) is 0 Å². The first-order valence-electron chi connectivity index (χ1n) is 19.1. The van der Waals surface area contributed by atoms with E-state index in [1.165, 1.54) is 14.7 Å². The third-order valence-corrected chi connectivity index (χ3v) is 23.9. The van der Waals surface area contributed by atoms with Crippen LogP contribution in [-0.2, 0) is 10.9 Å². The van der Waals surface area contributed by atoms with Crippen LogP contribution in [0, 0.1) is 116 Å². The van der Waals surface area contributed by atoms with Crippen LogP contribution >= 0.6 is 0 Å². The molecule has 0 aliphatic carbocycles. The molecule has 0 aliphatic rings. The van der Waals surface area contributed by atoms with Crippen LogP contribution in [0.15, 0.2) is 99.6 Å². The van der Waals surface area contributed by atoms with Crippen LogP contribution in [0.5, 0.6) is 5.75 Å². The predicted molar refractivity (Wildman–Crippen MR) is 211 cm³/mol. The maximum atomic E-state index is 15.4. The molecule has 7 aromatic carbocycles. The van der Waals surface area contributed by atoms with Crippen molar-refractivity contribution in [2.45, 2.75) is 41.1 Å². The standard InChI is InChI=1S/C22H23OS.4C6F5.Ga/c1-22(2,3)23-18-14-16-21(17-15-18)24(19-10-6-4-7-11-19)20-12-8-5-9-13-20;4*7-2-1-3(8)5(10)6(11)4(2)9;/h4-17H,1-3H3;;;;;/q+1;;;;;-1. The van der Waals surface area contributed by atoms with Crippen LogP contribution in [0.4, 0.5) is 87.8 Å². The molecular formula is C46H23F20GaOS. The predicted octanol–water partition coefficient (Wildman–Crippen LogP) is 11.8. The Morgan fingerprint density at radius 1 is 0.290 bits per heavy atom. The quantitative estimate of drug-likeness (QED) is 0.0485. The Bertz CT molecular complexity index is 2690. The van der Waals surface area contributed by atoms with E-state index in [2.05, 4.69) is 106 Å². The molecule has 0 fully saturated rings. The van der Waals surface area contributed by atoms with Gasteiger partial charge in [0.2, 0.25) is 0 Å². The molecule has 0 atom stereocenters. The minimum atomic E-state index is -9.74. The van der Waals surface area contributed by atoms with Gasteiger partial charge in [0, 0.05) is 0 Å². The molecule has 0 aromatic heterocycles. The summed E-state index contributed by atoms with van der Waals surface area (Å²) in [6, 6.07) is 29.9. The molecule has 362 valence electrons.